The number of aromatic amines is 2. The fraction of sp³-hybridized carbons (Fsp3) is 0.235. The van der Waals surface area contributed by atoms with Crippen molar-refractivity contribution < 1.29 is 14.3 Å². The summed E-state index contributed by atoms with van der Waals surface area (Å²) in [4.78, 5) is 55.3. The molecule has 0 unspecified atom stereocenters. The second kappa shape index (κ2) is 7.68. The van der Waals surface area contributed by atoms with Crippen molar-refractivity contribution in [1.29, 1.82) is 0 Å². The van der Waals surface area contributed by atoms with Crippen LogP contribution < -0.4 is 16.6 Å². The van der Waals surface area contributed by atoms with Gasteiger partial charge in [-0.3, -0.25) is 19.6 Å². The van der Waals surface area contributed by atoms with Crippen molar-refractivity contribution in [1.82, 2.24) is 19.5 Å². The highest BCUT2D eigenvalue weighted by atomic mass is 16.5. The van der Waals surface area contributed by atoms with Gasteiger partial charge in [0.2, 0.25) is 5.91 Å². The van der Waals surface area contributed by atoms with E-state index in [1.54, 1.807) is 31.2 Å². The topological polar surface area (TPSA) is 139 Å². The predicted octanol–water partition coefficient (Wildman–Crippen LogP) is 0.618. The predicted molar refractivity (Wildman–Crippen MR) is 96.6 cm³/mol. The number of imidazole rings is 1. The maximum absolute atomic E-state index is 12.1. The number of H-pyrrole nitrogens is 2. The van der Waals surface area contributed by atoms with E-state index in [2.05, 4.69) is 20.3 Å². The second-order valence-electron chi connectivity index (χ2n) is 5.64. The number of benzene rings is 1. The lowest BCUT2D eigenvalue weighted by molar-refractivity contribution is -0.116. The molecular formula is C17H17N5O5. The summed E-state index contributed by atoms with van der Waals surface area (Å²) < 4.78 is 6.42. The normalized spacial score (nSPS) is 10.7. The molecule has 0 bridgehead atoms. The molecule has 3 aromatic rings. The molecule has 0 spiro atoms. The number of esters is 1. The molecule has 1 aromatic carbocycles. The van der Waals surface area contributed by atoms with Crippen molar-refractivity contribution in [2.45, 2.75) is 19.9 Å². The Balaban J connectivity index is 1.63. The maximum Gasteiger partial charge on any atom is 0.338 e. The number of anilines is 1. The molecule has 0 atom stereocenters. The zero-order valence-electron chi connectivity index (χ0n) is 14.4. The average molecular weight is 371 g/mol. The number of carbonyl (C=O) groups excluding carboxylic acids is 2. The number of hydrogen-bond acceptors (Lipinski definition) is 6. The monoisotopic (exact) mass is 371 g/mol. The summed E-state index contributed by atoms with van der Waals surface area (Å²) in [6, 6.07) is 6.34. The number of aryl methyl sites for hydroxylation is 1. The molecule has 0 saturated heterocycles. The molecule has 10 nitrogen and oxygen atoms in total. The zero-order valence-corrected chi connectivity index (χ0v) is 14.4. The largest absolute Gasteiger partial charge is 0.462 e. The first kappa shape index (κ1) is 18.1. The molecule has 0 aliphatic heterocycles. The summed E-state index contributed by atoms with van der Waals surface area (Å²) in [7, 11) is 0. The van der Waals surface area contributed by atoms with Crippen LogP contribution in [0.1, 0.15) is 23.7 Å². The third kappa shape index (κ3) is 4.11. The third-order valence-electron chi connectivity index (χ3n) is 3.77. The summed E-state index contributed by atoms with van der Waals surface area (Å²) in [6.45, 7) is 2.24. The van der Waals surface area contributed by atoms with E-state index in [0.717, 1.165) is 0 Å². The summed E-state index contributed by atoms with van der Waals surface area (Å²) >= 11 is 0. The number of aromatic nitrogens is 4. The van der Waals surface area contributed by atoms with Crippen LogP contribution in [-0.2, 0) is 16.1 Å². The van der Waals surface area contributed by atoms with Crippen LogP contribution in [0.4, 0.5) is 5.69 Å². The number of fused-ring (bicyclic) bond motifs is 1. The first-order chi connectivity index (χ1) is 13.0. The van der Waals surface area contributed by atoms with Gasteiger partial charge in [0.1, 0.15) is 5.65 Å². The van der Waals surface area contributed by atoms with E-state index in [0.29, 0.717) is 11.3 Å². The van der Waals surface area contributed by atoms with Crippen molar-refractivity contribution >= 4 is 28.7 Å². The molecule has 0 saturated carbocycles. The lowest BCUT2D eigenvalue weighted by Gasteiger charge is -2.07. The smallest absolute Gasteiger partial charge is 0.338 e. The van der Waals surface area contributed by atoms with Gasteiger partial charge < -0.3 is 14.6 Å². The minimum atomic E-state index is -0.639. The van der Waals surface area contributed by atoms with E-state index in [9.17, 15) is 19.2 Å². The summed E-state index contributed by atoms with van der Waals surface area (Å²) in [5.41, 5.74) is 0.0706. The van der Waals surface area contributed by atoms with Gasteiger partial charge in [0.15, 0.2) is 5.52 Å². The minimum Gasteiger partial charge on any atom is -0.462 e. The lowest BCUT2D eigenvalue weighted by atomic mass is 10.2. The first-order valence-corrected chi connectivity index (χ1v) is 8.22. The Kier molecular flexibility index (Phi) is 5.15. The molecular weight excluding hydrogens is 354 g/mol. The molecule has 2 aromatic heterocycles. The SMILES string of the molecule is CCOC(=O)c1ccc(NC(=O)CCn2cnc3c(=O)[nH]c(=O)[nH]c32)cc1. The van der Waals surface area contributed by atoms with Crippen LogP contribution in [0, 0.1) is 0 Å². The van der Waals surface area contributed by atoms with E-state index in [4.69, 9.17) is 4.74 Å². The number of carbonyl (C=O) groups is 2. The van der Waals surface area contributed by atoms with E-state index in [1.807, 2.05) is 0 Å². The number of ether oxygens (including phenoxy) is 1. The van der Waals surface area contributed by atoms with Gasteiger partial charge in [-0.15, -0.1) is 0 Å². The van der Waals surface area contributed by atoms with Crippen LogP contribution in [0.3, 0.4) is 0 Å². The van der Waals surface area contributed by atoms with Gasteiger partial charge in [0.25, 0.3) is 5.56 Å². The highest BCUT2D eigenvalue weighted by molar-refractivity contribution is 5.93. The van der Waals surface area contributed by atoms with Gasteiger partial charge in [-0.1, -0.05) is 0 Å². The van der Waals surface area contributed by atoms with Crippen molar-refractivity contribution in [2.75, 3.05) is 11.9 Å². The van der Waals surface area contributed by atoms with E-state index in [-0.39, 0.29) is 36.6 Å². The van der Waals surface area contributed by atoms with Crippen molar-refractivity contribution in [3.05, 3.63) is 57.0 Å². The quantitative estimate of drug-likeness (QED) is 0.543. The minimum absolute atomic E-state index is 0.0971. The summed E-state index contributed by atoms with van der Waals surface area (Å²) in [5.74, 6) is -0.695. The van der Waals surface area contributed by atoms with Gasteiger partial charge in [-0.05, 0) is 31.2 Å². The molecule has 3 N–H and O–H groups in total. The molecule has 1 amide bonds. The van der Waals surface area contributed by atoms with Crippen LogP contribution in [-0.4, -0.2) is 38.0 Å². The molecule has 0 radical (unpaired) electrons. The van der Waals surface area contributed by atoms with Gasteiger partial charge in [0.05, 0.1) is 18.5 Å². The Morgan fingerprint density at radius 1 is 1.19 bits per heavy atom. The highest BCUT2D eigenvalue weighted by Gasteiger charge is 2.10. The van der Waals surface area contributed by atoms with Crippen molar-refractivity contribution in [3.63, 3.8) is 0 Å². The average Bonchev–Trinajstić information content (AvgIpc) is 3.04. The van der Waals surface area contributed by atoms with E-state index < -0.39 is 17.2 Å². The van der Waals surface area contributed by atoms with E-state index >= 15 is 0 Å². The molecule has 0 fully saturated rings. The number of nitrogens with zero attached hydrogens (tertiary/aromatic N) is 2. The molecule has 10 heteroatoms. The van der Waals surface area contributed by atoms with Crippen LogP contribution in [0.15, 0.2) is 40.2 Å². The number of hydrogen-bond donors (Lipinski definition) is 3. The van der Waals surface area contributed by atoms with Crippen LogP contribution in [0.2, 0.25) is 0 Å². The van der Waals surface area contributed by atoms with Gasteiger partial charge in [-0.2, -0.15) is 0 Å². The maximum atomic E-state index is 12.1. The molecule has 2 heterocycles. The molecule has 0 aliphatic carbocycles. The van der Waals surface area contributed by atoms with Crippen LogP contribution in [0.25, 0.3) is 11.2 Å². The Labute approximate surface area is 152 Å². The number of amides is 1. The fourth-order valence-electron chi connectivity index (χ4n) is 2.50. The Morgan fingerprint density at radius 3 is 2.63 bits per heavy atom. The first-order valence-electron chi connectivity index (χ1n) is 8.22. The molecule has 140 valence electrons. The second-order valence-corrected chi connectivity index (χ2v) is 5.64. The third-order valence-corrected chi connectivity index (χ3v) is 3.77. The highest BCUT2D eigenvalue weighted by Crippen LogP contribution is 2.11. The summed E-state index contributed by atoms with van der Waals surface area (Å²) in [6.07, 6.45) is 1.48. The molecule has 27 heavy (non-hydrogen) atoms. The summed E-state index contributed by atoms with van der Waals surface area (Å²) in [5, 5.41) is 2.71. The van der Waals surface area contributed by atoms with Crippen LogP contribution >= 0.6 is 0 Å². The van der Waals surface area contributed by atoms with Gasteiger partial charge in [-0.25, -0.2) is 14.6 Å². The number of rotatable bonds is 6. The Hall–Kier alpha value is -3.69. The van der Waals surface area contributed by atoms with Gasteiger partial charge >= 0.3 is 11.7 Å². The van der Waals surface area contributed by atoms with Crippen molar-refractivity contribution in [2.24, 2.45) is 0 Å². The lowest BCUT2D eigenvalue weighted by Crippen LogP contribution is -2.23. The Bertz CT molecular complexity index is 1090. The standard InChI is InChI=1S/C17H17N5O5/c1-2-27-16(25)10-3-5-11(6-4-10)19-12(23)7-8-22-9-18-13-14(22)20-17(26)21-15(13)24/h3-6,9H,2,7-8H2,1H3,(H,19,23)(H2,20,21,24,26). The van der Waals surface area contributed by atoms with Crippen molar-refractivity contribution in [3.8, 4) is 0 Å². The number of nitrogens with one attached hydrogen (secondary N) is 3. The van der Waals surface area contributed by atoms with E-state index in [1.165, 1.54) is 10.9 Å². The molecule has 0 aliphatic rings. The molecule has 3 rings (SSSR count). The van der Waals surface area contributed by atoms with Gasteiger partial charge in [0, 0.05) is 18.7 Å². The zero-order chi connectivity index (χ0) is 19.4. The van der Waals surface area contributed by atoms with Crippen LogP contribution in [0.5, 0.6) is 0 Å². The fourth-order valence-corrected chi connectivity index (χ4v) is 2.50. The Morgan fingerprint density at radius 2 is 1.93 bits per heavy atom.